The molecular formula is C11H12O2S. The Balaban J connectivity index is 2.60. The Morgan fingerprint density at radius 3 is 2.71 bits per heavy atom. The lowest BCUT2D eigenvalue weighted by atomic mass is 9.88. The lowest BCUT2D eigenvalue weighted by Crippen LogP contribution is -2.11. The highest BCUT2D eigenvalue weighted by Crippen LogP contribution is 2.28. The molecule has 0 heterocycles. The molecule has 0 unspecified atom stereocenters. The highest BCUT2D eigenvalue weighted by atomic mass is 32.1. The van der Waals surface area contributed by atoms with Crippen molar-refractivity contribution in [3.63, 3.8) is 0 Å². The van der Waals surface area contributed by atoms with E-state index in [4.69, 9.17) is 5.11 Å². The molecule has 0 aliphatic heterocycles. The number of fused-ring (bicyclic) bond motifs is 1. The minimum atomic E-state index is -0.853. The summed E-state index contributed by atoms with van der Waals surface area (Å²) < 4.78 is 0. The lowest BCUT2D eigenvalue weighted by molar-refractivity contribution is 0.0691. The summed E-state index contributed by atoms with van der Waals surface area (Å²) in [5.74, 6) is -0.853. The van der Waals surface area contributed by atoms with E-state index in [2.05, 4.69) is 12.6 Å². The lowest BCUT2D eigenvalue weighted by Gasteiger charge is -2.18. The van der Waals surface area contributed by atoms with Crippen LogP contribution in [0.2, 0.25) is 0 Å². The van der Waals surface area contributed by atoms with Crippen LogP contribution in [0.1, 0.15) is 34.3 Å². The minimum absolute atomic E-state index is 0.408. The van der Waals surface area contributed by atoms with E-state index < -0.39 is 5.97 Å². The zero-order valence-electron chi connectivity index (χ0n) is 7.79. The fourth-order valence-electron chi connectivity index (χ4n) is 2.05. The number of hydrogen-bond acceptors (Lipinski definition) is 2. The Morgan fingerprint density at radius 2 is 2.00 bits per heavy atom. The fraction of sp³-hybridized carbons (Fsp3) is 0.364. The van der Waals surface area contributed by atoms with Crippen LogP contribution in [0, 0.1) is 0 Å². The molecule has 2 nitrogen and oxygen atoms in total. The van der Waals surface area contributed by atoms with Crippen LogP contribution in [0.4, 0.5) is 0 Å². The molecule has 0 atom stereocenters. The Kier molecular flexibility index (Phi) is 2.50. The Morgan fingerprint density at radius 1 is 1.29 bits per heavy atom. The van der Waals surface area contributed by atoms with Crippen molar-refractivity contribution in [2.24, 2.45) is 0 Å². The summed E-state index contributed by atoms with van der Waals surface area (Å²) in [5, 5.41) is 9.07. The van der Waals surface area contributed by atoms with Gasteiger partial charge in [-0.25, -0.2) is 4.79 Å². The molecule has 1 aromatic rings. The first-order valence-electron chi connectivity index (χ1n) is 4.77. The van der Waals surface area contributed by atoms with E-state index in [1.807, 2.05) is 6.07 Å². The van der Waals surface area contributed by atoms with Crippen LogP contribution in [-0.2, 0) is 12.8 Å². The molecule has 1 aliphatic rings. The van der Waals surface area contributed by atoms with Gasteiger partial charge in [0.05, 0.1) is 5.56 Å². The summed E-state index contributed by atoms with van der Waals surface area (Å²) in [6, 6.07) is 3.79. The average Bonchev–Trinajstić information content (AvgIpc) is 2.17. The zero-order valence-corrected chi connectivity index (χ0v) is 8.68. The molecule has 0 aromatic heterocycles. The molecular weight excluding hydrogens is 196 g/mol. The summed E-state index contributed by atoms with van der Waals surface area (Å²) in [6.45, 7) is 0. The van der Waals surface area contributed by atoms with E-state index in [1.54, 1.807) is 6.07 Å². The third kappa shape index (κ3) is 1.52. The monoisotopic (exact) mass is 208 g/mol. The summed E-state index contributed by atoms with van der Waals surface area (Å²) in [4.78, 5) is 11.6. The van der Waals surface area contributed by atoms with Gasteiger partial charge in [0.1, 0.15) is 0 Å². The maximum atomic E-state index is 11.0. The number of carbonyl (C=O) groups is 1. The maximum Gasteiger partial charge on any atom is 0.337 e. The Labute approximate surface area is 88.4 Å². The molecule has 0 fully saturated rings. The molecule has 14 heavy (non-hydrogen) atoms. The first-order valence-corrected chi connectivity index (χ1v) is 5.22. The van der Waals surface area contributed by atoms with Crippen LogP contribution < -0.4 is 0 Å². The van der Waals surface area contributed by atoms with Gasteiger partial charge in [-0.1, -0.05) is 6.07 Å². The van der Waals surface area contributed by atoms with E-state index >= 15 is 0 Å². The fourth-order valence-corrected chi connectivity index (χ4v) is 2.36. The van der Waals surface area contributed by atoms with Gasteiger partial charge in [-0.05, 0) is 42.9 Å². The van der Waals surface area contributed by atoms with Gasteiger partial charge in [-0.2, -0.15) is 0 Å². The number of hydrogen-bond donors (Lipinski definition) is 2. The minimum Gasteiger partial charge on any atom is -0.478 e. The SMILES string of the molecule is O=C(O)c1c(S)ccc2c1CCCC2. The van der Waals surface area contributed by atoms with Crippen molar-refractivity contribution >= 4 is 18.6 Å². The van der Waals surface area contributed by atoms with E-state index in [-0.39, 0.29) is 0 Å². The third-order valence-electron chi connectivity index (χ3n) is 2.72. The highest BCUT2D eigenvalue weighted by molar-refractivity contribution is 7.80. The normalized spacial score (nSPS) is 14.9. The van der Waals surface area contributed by atoms with Gasteiger partial charge in [-0.15, -0.1) is 12.6 Å². The van der Waals surface area contributed by atoms with E-state index in [1.165, 1.54) is 5.56 Å². The number of rotatable bonds is 1. The second-order valence-corrected chi connectivity index (χ2v) is 4.09. The van der Waals surface area contributed by atoms with Gasteiger partial charge >= 0.3 is 5.97 Å². The number of aromatic carboxylic acids is 1. The molecule has 1 N–H and O–H groups in total. The number of carboxylic acid groups (broad SMARTS) is 1. The summed E-state index contributed by atoms with van der Waals surface area (Å²) in [5.41, 5.74) is 2.59. The zero-order chi connectivity index (χ0) is 10.1. The summed E-state index contributed by atoms with van der Waals surface area (Å²) in [6.07, 6.45) is 4.14. The van der Waals surface area contributed by atoms with Crippen LogP contribution >= 0.6 is 12.6 Å². The van der Waals surface area contributed by atoms with E-state index in [0.29, 0.717) is 10.5 Å². The standard InChI is InChI=1S/C11H12O2S/c12-11(13)10-8-4-2-1-3-7(8)5-6-9(10)14/h5-6,14H,1-4H2,(H,12,13). The van der Waals surface area contributed by atoms with Crippen LogP contribution in [0.5, 0.6) is 0 Å². The van der Waals surface area contributed by atoms with Crippen molar-refractivity contribution in [1.82, 2.24) is 0 Å². The molecule has 1 aliphatic carbocycles. The summed E-state index contributed by atoms with van der Waals surface area (Å²) >= 11 is 4.19. The Hall–Kier alpha value is -0.960. The predicted octanol–water partition coefficient (Wildman–Crippen LogP) is 2.55. The molecule has 3 heteroatoms. The smallest absolute Gasteiger partial charge is 0.337 e. The quantitative estimate of drug-likeness (QED) is 0.696. The predicted molar refractivity (Wildman–Crippen MR) is 57.3 cm³/mol. The van der Waals surface area contributed by atoms with Crippen LogP contribution in [0.25, 0.3) is 0 Å². The van der Waals surface area contributed by atoms with Crippen molar-refractivity contribution in [2.45, 2.75) is 30.6 Å². The molecule has 1 aromatic carbocycles. The van der Waals surface area contributed by atoms with Crippen LogP contribution in [0.3, 0.4) is 0 Å². The van der Waals surface area contributed by atoms with Gasteiger partial charge < -0.3 is 5.11 Å². The molecule has 0 radical (unpaired) electrons. The number of carboxylic acids is 1. The van der Waals surface area contributed by atoms with Crippen LogP contribution in [0.15, 0.2) is 17.0 Å². The molecule has 0 amide bonds. The van der Waals surface area contributed by atoms with Gasteiger partial charge in [0.2, 0.25) is 0 Å². The number of thiol groups is 1. The molecule has 0 spiro atoms. The number of aryl methyl sites for hydroxylation is 1. The van der Waals surface area contributed by atoms with Crippen LogP contribution in [-0.4, -0.2) is 11.1 Å². The van der Waals surface area contributed by atoms with Gasteiger partial charge in [0.15, 0.2) is 0 Å². The number of benzene rings is 1. The van der Waals surface area contributed by atoms with E-state index in [0.717, 1.165) is 31.2 Å². The van der Waals surface area contributed by atoms with Crippen molar-refractivity contribution in [2.75, 3.05) is 0 Å². The summed E-state index contributed by atoms with van der Waals surface area (Å²) in [7, 11) is 0. The highest BCUT2D eigenvalue weighted by Gasteiger charge is 2.19. The first-order chi connectivity index (χ1) is 6.70. The second-order valence-electron chi connectivity index (χ2n) is 3.61. The second kappa shape index (κ2) is 3.65. The van der Waals surface area contributed by atoms with Gasteiger partial charge in [0, 0.05) is 4.90 Å². The van der Waals surface area contributed by atoms with Crippen molar-refractivity contribution in [3.8, 4) is 0 Å². The van der Waals surface area contributed by atoms with Crippen molar-refractivity contribution in [1.29, 1.82) is 0 Å². The largest absolute Gasteiger partial charge is 0.478 e. The topological polar surface area (TPSA) is 37.3 Å². The Bertz CT molecular complexity index is 385. The van der Waals surface area contributed by atoms with Crippen molar-refractivity contribution in [3.05, 3.63) is 28.8 Å². The molecule has 0 saturated carbocycles. The van der Waals surface area contributed by atoms with Gasteiger partial charge in [0.25, 0.3) is 0 Å². The molecule has 74 valence electrons. The van der Waals surface area contributed by atoms with E-state index in [9.17, 15) is 4.79 Å². The van der Waals surface area contributed by atoms with Crippen molar-refractivity contribution < 1.29 is 9.90 Å². The molecule has 0 bridgehead atoms. The van der Waals surface area contributed by atoms with Gasteiger partial charge in [-0.3, -0.25) is 0 Å². The molecule has 2 rings (SSSR count). The molecule has 0 saturated heterocycles. The maximum absolute atomic E-state index is 11.0. The average molecular weight is 208 g/mol. The third-order valence-corrected chi connectivity index (χ3v) is 3.10. The first kappa shape index (κ1) is 9.59.